The van der Waals surface area contributed by atoms with Crippen LogP contribution in [0.15, 0.2) is 43.0 Å². The van der Waals surface area contributed by atoms with E-state index in [2.05, 4.69) is 14.9 Å². The van der Waals surface area contributed by atoms with E-state index in [0.717, 1.165) is 22.3 Å². The van der Waals surface area contributed by atoms with E-state index >= 15 is 4.39 Å². The topological polar surface area (TPSA) is 84.3 Å². The number of hydrogen-bond donors (Lipinski definition) is 0. The number of likely N-dealkylation sites (tertiary alicyclic amines) is 1. The Morgan fingerprint density at radius 1 is 1.09 bits per heavy atom. The molecule has 5 rings (SSSR count). The van der Waals surface area contributed by atoms with E-state index in [1.54, 1.807) is 24.8 Å². The van der Waals surface area contributed by atoms with E-state index in [1.165, 1.54) is 4.90 Å². The number of anilines is 1. The second-order valence-electron chi connectivity index (χ2n) is 10.2. The molecule has 5 heterocycles. The third-order valence-electron chi connectivity index (χ3n) is 6.68. The number of aromatic nitrogens is 4. The summed E-state index contributed by atoms with van der Waals surface area (Å²) in [5.74, 6) is 1.44. The summed E-state index contributed by atoms with van der Waals surface area (Å²) in [6, 6.07) is 5.68. The minimum Gasteiger partial charge on any atom is -0.444 e. The van der Waals surface area contributed by atoms with E-state index in [-0.39, 0.29) is 6.54 Å². The number of hydrogen-bond acceptors (Lipinski definition) is 7. The minimum atomic E-state index is -1.07. The zero-order valence-electron chi connectivity index (χ0n) is 19.7. The lowest BCUT2D eigenvalue weighted by atomic mass is 9.76. The molecule has 0 aromatic carbocycles. The van der Waals surface area contributed by atoms with Gasteiger partial charge in [-0.25, -0.2) is 19.2 Å². The Bertz CT molecular complexity index is 1190. The number of fused-ring (bicyclic) bond motifs is 1. The van der Waals surface area contributed by atoms with Crippen molar-refractivity contribution < 1.29 is 13.9 Å². The van der Waals surface area contributed by atoms with Gasteiger partial charge < -0.3 is 14.5 Å². The summed E-state index contributed by atoms with van der Waals surface area (Å²) in [5.41, 5.74) is 0.492. The van der Waals surface area contributed by atoms with Crippen LogP contribution in [0.25, 0.3) is 22.3 Å². The van der Waals surface area contributed by atoms with E-state index in [0.29, 0.717) is 38.3 Å². The zero-order valence-corrected chi connectivity index (χ0v) is 19.7. The second-order valence-corrected chi connectivity index (χ2v) is 10.2. The van der Waals surface area contributed by atoms with Crippen LogP contribution in [0.2, 0.25) is 0 Å². The van der Waals surface area contributed by atoms with E-state index in [4.69, 9.17) is 14.7 Å². The van der Waals surface area contributed by atoms with E-state index in [1.807, 2.05) is 39.0 Å². The lowest BCUT2D eigenvalue weighted by Gasteiger charge is -2.41. The second kappa shape index (κ2) is 8.45. The lowest BCUT2D eigenvalue weighted by Crippen LogP contribution is -2.46. The third kappa shape index (κ3) is 4.26. The number of pyridine rings is 2. The molecule has 8 nitrogen and oxygen atoms in total. The highest BCUT2D eigenvalue weighted by atomic mass is 19.1. The van der Waals surface area contributed by atoms with Gasteiger partial charge in [-0.15, -0.1) is 0 Å². The Hall–Kier alpha value is -3.36. The van der Waals surface area contributed by atoms with Crippen molar-refractivity contribution >= 4 is 22.8 Å². The van der Waals surface area contributed by atoms with Gasteiger partial charge in [-0.05, 0) is 51.8 Å². The molecule has 34 heavy (non-hydrogen) atoms. The number of alkyl halides is 1. The summed E-state index contributed by atoms with van der Waals surface area (Å²) in [5, 5.41) is 0.919. The Kier molecular flexibility index (Phi) is 5.58. The van der Waals surface area contributed by atoms with Gasteiger partial charge in [-0.1, -0.05) is 0 Å². The third-order valence-corrected chi connectivity index (χ3v) is 6.68. The number of rotatable bonds is 2. The normalized spacial score (nSPS) is 20.2. The molecule has 1 spiro atoms. The summed E-state index contributed by atoms with van der Waals surface area (Å²) in [6.07, 6.45) is 6.67. The summed E-state index contributed by atoms with van der Waals surface area (Å²) >= 11 is 0. The molecule has 0 unspecified atom stereocenters. The zero-order chi connectivity index (χ0) is 23.9. The van der Waals surface area contributed by atoms with Crippen LogP contribution in [0.4, 0.5) is 15.0 Å². The van der Waals surface area contributed by atoms with Crippen molar-refractivity contribution in [2.45, 2.75) is 45.4 Å². The number of nitrogens with zero attached hydrogens (tertiary/aromatic N) is 6. The predicted molar refractivity (Wildman–Crippen MR) is 127 cm³/mol. The van der Waals surface area contributed by atoms with Crippen molar-refractivity contribution in [3.63, 3.8) is 0 Å². The molecule has 0 N–H and O–H groups in total. The summed E-state index contributed by atoms with van der Waals surface area (Å²) in [6.45, 7) is 7.23. The van der Waals surface area contributed by atoms with Gasteiger partial charge in [0.25, 0.3) is 0 Å². The van der Waals surface area contributed by atoms with E-state index < -0.39 is 23.3 Å². The number of amides is 1. The fraction of sp³-hybridized carbons (Fsp3) is 0.480. The molecular weight excluding hydrogens is 435 g/mol. The van der Waals surface area contributed by atoms with Gasteiger partial charge in [0.05, 0.1) is 18.3 Å². The van der Waals surface area contributed by atoms with E-state index in [9.17, 15) is 4.79 Å². The van der Waals surface area contributed by atoms with Crippen molar-refractivity contribution in [3.8, 4) is 11.4 Å². The highest BCUT2D eigenvalue weighted by Gasteiger charge is 2.50. The fourth-order valence-corrected chi connectivity index (χ4v) is 4.87. The number of halogens is 1. The smallest absolute Gasteiger partial charge is 0.410 e. The molecule has 0 radical (unpaired) electrons. The largest absolute Gasteiger partial charge is 0.444 e. The molecule has 2 aliphatic rings. The quantitative estimate of drug-likeness (QED) is 0.560. The first-order valence-electron chi connectivity index (χ1n) is 11.6. The fourth-order valence-electron chi connectivity index (χ4n) is 4.87. The molecule has 178 valence electrons. The van der Waals surface area contributed by atoms with Crippen LogP contribution in [-0.2, 0) is 4.74 Å². The van der Waals surface area contributed by atoms with Gasteiger partial charge >= 0.3 is 6.09 Å². The van der Waals surface area contributed by atoms with Crippen LogP contribution in [0, 0.1) is 5.41 Å². The van der Waals surface area contributed by atoms with Crippen LogP contribution < -0.4 is 4.90 Å². The first-order chi connectivity index (χ1) is 16.2. The molecule has 0 aliphatic carbocycles. The molecule has 1 atom stereocenters. The molecule has 2 fully saturated rings. The minimum absolute atomic E-state index is 0.0865. The maximum Gasteiger partial charge on any atom is 0.410 e. The van der Waals surface area contributed by atoms with Crippen LogP contribution in [0.3, 0.4) is 0 Å². The average molecular weight is 465 g/mol. The Morgan fingerprint density at radius 3 is 2.50 bits per heavy atom. The monoisotopic (exact) mass is 464 g/mol. The molecule has 3 aromatic heterocycles. The number of carbonyl (C=O) groups is 1. The van der Waals surface area contributed by atoms with Crippen LogP contribution >= 0.6 is 0 Å². The molecule has 2 aliphatic heterocycles. The number of carbonyl (C=O) groups excluding carboxylic acids is 1. The Balaban J connectivity index is 1.38. The summed E-state index contributed by atoms with van der Waals surface area (Å²) < 4.78 is 20.7. The summed E-state index contributed by atoms with van der Waals surface area (Å²) in [4.78, 5) is 34.2. The highest BCUT2D eigenvalue weighted by Crippen LogP contribution is 2.44. The van der Waals surface area contributed by atoms with Crippen molar-refractivity contribution in [1.29, 1.82) is 0 Å². The van der Waals surface area contributed by atoms with Gasteiger partial charge in [-0.2, -0.15) is 0 Å². The maximum absolute atomic E-state index is 15.3. The van der Waals surface area contributed by atoms with Crippen molar-refractivity contribution in [2.75, 3.05) is 31.1 Å². The van der Waals surface area contributed by atoms with Gasteiger partial charge in [0, 0.05) is 54.6 Å². The van der Waals surface area contributed by atoms with Gasteiger partial charge in [0.2, 0.25) is 0 Å². The number of ether oxygens (including phenoxy) is 1. The molecule has 2 saturated heterocycles. The molecule has 3 aromatic rings. The first kappa shape index (κ1) is 22.4. The van der Waals surface area contributed by atoms with Gasteiger partial charge in [0.15, 0.2) is 5.82 Å². The summed E-state index contributed by atoms with van der Waals surface area (Å²) in [7, 11) is 0. The molecule has 0 saturated carbocycles. The Morgan fingerprint density at radius 2 is 1.79 bits per heavy atom. The SMILES string of the molecule is CC(C)(C)OC(=O)N1C[C@H](F)C2(CCN(c3nc(-c4ccncc4)nc4cnccc34)CC2)C1. The van der Waals surface area contributed by atoms with Gasteiger partial charge in [-0.3, -0.25) is 9.97 Å². The van der Waals surface area contributed by atoms with Crippen LogP contribution in [0.5, 0.6) is 0 Å². The molecule has 9 heteroatoms. The predicted octanol–water partition coefficient (Wildman–Crippen LogP) is 4.26. The van der Waals surface area contributed by atoms with Crippen molar-refractivity contribution in [1.82, 2.24) is 24.8 Å². The molecule has 0 bridgehead atoms. The lowest BCUT2D eigenvalue weighted by molar-refractivity contribution is 0.0266. The first-order valence-corrected chi connectivity index (χ1v) is 11.6. The number of piperidine rings is 1. The van der Waals surface area contributed by atoms with Crippen LogP contribution in [0.1, 0.15) is 33.6 Å². The van der Waals surface area contributed by atoms with Crippen molar-refractivity contribution in [3.05, 3.63) is 43.0 Å². The average Bonchev–Trinajstić information content (AvgIpc) is 3.14. The van der Waals surface area contributed by atoms with Crippen molar-refractivity contribution in [2.24, 2.45) is 5.41 Å². The van der Waals surface area contributed by atoms with Gasteiger partial charge in [0.1, 0.15) is 17.6 Å². The Labute approximate surface area is 198 Å². The molecule has 1 amide bonds. The molecular formula is C25H29FN6O2. The van der Waals surface area contributed by atoms with Crippen LogP contribution in [-0.4, -0.2) is 68.9 Å². The highest BCUT2D eigenvalue weighted by molar-refractivity contribution is 5.90. The standard InChI is InChI=1S/C25H29FN6O2/c1-24(2,3)34-23(33)32-15-20(26)25(16-32)7-12-31(13-8-25)22-18-6-11-28-14-19(18)29-21(30-22)17-4-9-27-10-5-17/h4-6,9-11,14,20H,7-8,12-13,15-16H2,1-3H3/t20-/m0/s1. The maximum atomic E-state index is 15.3.